The number of carbonyl (C=O) groups excluding carboxylic acids is 2. The van der Waals surface area contributed by atoms with Crippen molar-refractivity contribution in [1.82, 2.24) is 25.8 Å². The van der Waals surface area contributed by atoms with Gasteiger partial charge < -0.3 is 20.7 Å². The molecule has 0 saturated carbocycles. The fourth-order valence-corrected chi connectivity index (χ4v) is 4.53. The van der Waals surface area contributed by atoms with Gasteiger partial charge in [0.1, 0.15) is 0 Å². The van der Waals surface area contributed by atoms with Gasteiger partial charge in [-0.1, -0.05) is 79.8 Å². The summed E-state index contributed by atoms with van der Waals surface area (Å²) in [7, 11) is 0. The van der Waals surface area contributed by atoms with Crippen LogP contribution >= 0.6 is 0 Å². The average molecular weight is 632 g/mol. The van der Waals surface area contributed by atoms with E-state index in [2.05, 4.69) is 106 Å². The van der Waals surface area contributed by atoms with E-state index in [0.29, 0.717) is 38.2 Å². The van der Waals surface area contributed by atoms with E-state index in [1.165, 1.54) is 0 Å². The number of hydrogen-bond acceptors (Lipinski definition) is 6. The average Bonchev–Trinajstić information content (AvgIpc) is 3.08. The van der Waals surface area contributed by atoms with Gasteiger partial charge in [0, 0.05) is 70.5 Å². The molecule has 2 amide bonds. The third kappa shape index (κ3) is 21.2. The quantitative estimate of drug-likeness (QED) is 0.0976. The van der Waals surface area contributed by atoms with Gasteiger partial charge in [0.15, 0.2) is 0 Å². The van der Waals surface area contributed by atoms with Crippen LogP contribution in [-0.2, 0) is 16.0 Å². The zero-order valence-corrected chi connectivity index (χ0v) is 28.0. The number of nitrogens with one attached hydrogen (secondary N) is 3. The maximum atomic E-state index is 12.4. The molecule has 0 unspecified atom stereocenters. The molecule has 2 rings (SSSR count). The normalized spacial score (nSPS) is 14.6. The van der Waals surface area contributed by atoms with Gasteiger partial charge in [0.25, 0.3) is 5.91 Å². The van der Waals surface area contributed by atoms with Crippen LogP contribution in [0, 0.1) is 0 Å². The largest absolute Gasteiger partial charge is 0.379 e. The standard InChI is InChI=1S/C38H57N5O3/c1-2-3-4-5-6-7-8-9-10-11-12-13-14-15-16-17-18-19-20-21-37(44)40-27-25-39-26-28-41-38(45)35-22-23-36(42-34-35)24-29-43-30-32-46-33-31-43/h3-4,6-7,9-10,12-13,15-16,18-19,22-23,34,39H,2,5,8,11,14,17,20-21,24-33H2,1H3,(H,40,44)(H,41,45). The van der Waals surface area contributed by atoms with Gasteiger partial charge in [-0.15, -0.1) is 0 Å². The fraction of sp³-hybridized carbons (Fsp3) is 0.500. The van der Waals surface area contributed by atoms with Gasteiger partial charge in [-0.25, -0.2) is 0 Å². The first-order valence-electron chi connectivity index (χ1n) is 17.1. The molecule has 3 N–H and O–H groups in total. The topological polar surface area (TPSA) is 95.6 Å². The van der Waals surface area contributed by atoms with Gasteiger partial charge in [-0.3, -0.25) is 19.5 Å². The molecule has 1 aromatic rings. The Hall–Kier alpha value is -3.59. The second-order valence-electron chi connectivity index (χ2n) is 11.1. The van der Waals surface area contributed by atoms with E-state index in [9.17, 15) is 9.59 Å². The Morgan fingerprint density at radius 2 is 1.33 bits per heavy atom. The van der Waals surface area contributed by atoms with Crippen molar-refractivity contribution in [2.45, 2.75) is 64.7 Å². The summed E-state index contributed by atoms with van der Waals surface area (Å²) in [6, 6.07) is 3.76. The molecule has 46 heavy (non-hydrogen) atoms. The third-order valence-corrected chi connectivity index (χ3v) is 7.22. The summed E-state index contributed by atoms with van der Waals surface area (Å²) in [5.74, 6) is -0.0766. The second-order valence-corrected chi connectivity index (χ2v) is 11.1. The van der Waals surface area contributed by atoms with E-state index in [0.717, 1.165) is 89.9 Å². The lowest BCUT2D eigenvalue weighted by Crippen LogP contribution is -2.37. The van der Waals surface area contributed by atoms with E-state index in [4.69, 9.17) is 4.74 Å². The number of aromatic nitrogens is 1. The summed E-state index contributed by atoms with van der Waals surface area (Å²) in [5, 5.41) is 9.08. The highest BCUT2D eigenvalue weighted by molar-refractivity contribution is 5.93. The van der Waals surface area contributed by atoms with E-state index in [-0.39, 0.29) is 11.8 Å². The summed E-state index contributed by atoms with van der Waals surface area (Å²) >= 11 is 0. The van der Waals surface area contributed by atoms with Crippen molar-refractivity contribution < 1.29 is 14.3 Å². The number of pyridine rings is 1. The molecule has 0 aliphatic carbocycles. The lowest BCUT2D eigenvalue weighted by molar-refractivity contribution is -0.120. The lowest BCUT2D eigenvalue weighted by Gasteiger charge is -2.26. The molecule has 0 atom stereocenters. The van der Waals surface area contributed by atoms with Crippen molar-refractivity contribution in [3.8, 4) is 0 Å². The Balaban J connectivity index is 1.38. The number of carbonyl (C=O) groups is 2. The summed E-state index contributed by atoms with van der Waals surface area (Å²) < 4.78 is 5.38. The van der Waals surface area contributed by atoms with Crippen molar-refractivity contribution in [2.75, 3.05) is 59.0 Å². The molecule has 0 bridgehead atoms. The van der Waals surface area contributed by atoms with E-state index in [1.807, 2.05) is 12.1 Å². The highest BCUT2D eigenvalue weighted by Gasteiger charge is 2.11. The van der Waals surface area contributed by atoms with Crippen LogP contribution in [0.3, 0.4) is 0 Å². The minimum atomic E-state index is -0.128. The van der Waals surface area contributed by atoms with Crippen molar-refractivity contribution >= 4 is 11.8 Å². The van der Waals surface area contributed by atoms with Crippen LogP contribution in [0.4, 0.5) is 0 Å². The first kappa shape index (κ1) is 38.6. The summed E-state index contributed by atoms with van der Waals surface area (Å²) in [5.41, 5.74) is 1.55. The molecule has 1 saturated heterocycles. The lowest BCUT2D eigenvalue weighted by atomic mass is 10.2. The zero-order valence-electron chi connectivity index (χ0n) is 28.0. The number of rotatable bonds is 24. The van der Waals surface area contributed by atoms with Crippen LogP contribution in [0.1, 0.15) is 74.3 Å². The Kier molecular flexibility index (Phi) is 23.2. The van der Waals surface area contributed by atoms with E-state index >= 15 is 0 Å². The predicted octanol–water partition coefficient (Wildman–Crippen LogP) is 5.87. The molecule has 0 radical (unpaired) electrons. The smallest absolute Gasteiger partial charge is 0.252 e. The second kappa shape index (κ2) is 27.7. The molecule has 8 nitrogen and oxygen atoms in total. The SMILES string of the molecule is CCC=CCC=CCC=CCC=CCC=CCC=CCCC(=O)NCCNCCNC(=O)c1ccc(CCN2CCOCC2)nc1. The molecular formula is C38H57N5O3. The van der Waals surface area contributed by atoms with E-state index < -0.39 is 0 Å². The van der Waals surface area contributed by atoms with Crippen molar-refractivity contribution in [2.24, 2.45) is 0 Å². The number of amides is 2. The maximum Gasteiger partial charge on any atom is 0.252 e. The van der Waals surface area contributed by atoms with Gasteiger partial charge in [0.2, 0.25) is 5.91 Å². The number of nitrogens with zero attached hydrogens (tertiary/aromatic N) is 2. The van der Waals surface area contributed by atoms with Crippen molar-refractivity contribution in [3.63, 3.8) is 0 Å². The molecule has 1 aromatic heterocycles. The number of hydrogen-bond donors (Lipinski definition) is 3. The Labute approximate surface area is 277 Å². The molecule has 0 aromatic carbocycles. The van der Waals surface area contributed by atoms with Gasteiger partial charge >= 0.3 is 0 Å². The first-order chi connectivity index (χ1) is 22.7. The Bertz CT molecular complexity index is 1120. The van der Waals surface area contributed by atoms with Gasteiger partial charge in [-0.2, -0.15) is 0 Å². The Morgan fingerprint density at radius 1 is 0.761 bits per heavy atom. The number of ether oxygens (including phenoxy) is 1. The van der Waals surface area contributed by atoms with Crippen LogP contribution < -0.4 is 16.0 Å². The Morgan fingerprint density at radius 3 is 1.89 bits per heavy atom. The van der Waals surface area contributed by atoms with Crippen LogP contribution in [0.5, 0.6) is 0 Å². The monoisotopic (exact) mass is 631 g/mol. The van der Waals surface area contributed by atoms with Crippen molar-refractivity contribution in [1.29, 1.82) is 0 Å². The molecule has 1 aliphatic rings. The minimum absolute atomic E-state index is 0.0514. The molecule has 1 fully saturated rings. The zero-order chi connectivity index (χ0) is 32.8. The summed E-state index contributed by atoms with van der Waals surface area (Å²) in [4.78, 5) is 31.2. The van der Waals surface area contributed by atoms with Crippen LogP contribution in [0.25, 0.3) is 0 Å². The van der Waals surface area contributed by atoms with Crippen LogP contribution in [0.15, 0.2) is 91.2 Å². The van der Waals surface area contributed by atoms with E-state index in [1.54, 1.807) is 6.20 Å². The molecule has 1 aliphatic heterocycles. The minimum Gasteiger partial charge on any atom is -0.379 e. The van der Waals surface area contributed by atoms with Crippen molar-refractivity contribution in [3.05, 3.63) is 102 Å². The van der Waals surface area contributed by atoms with Gasteiger partial charge in [0.05, 0.1) is 18.8 Å². The molecule has 252 valence electrons. The van der Waals surface area contributed by atoms with Gasteiger partial charge in [-0.05, 0) is 57.1 Å². The molecule has 8 heteroatoms. The van der Waals surface area contributed by atoms with Crippen LogP contribution in [-0.4, -0.2) is 80.7 Å². The fourth-order valence-electron chi connectivity index (χ4n) is 4.53. The summed E-state index contributed by atoms with van der Waals surface area (Å²) in [6.45, 7) is 8.98. The maximum absolute atomic E-state index is 12.4. The number of morpholine rings is 1. The highest BCUT2D eigenvalue weighted by Crippen LogP contribution is 2.04. The van der Waals surface area contributed by atoms with Crippen LogP contribution in [0.2, 0.25) is 0 Å². The third-order valence-electron chi connectivity index (χ3n) is 7.22. The summed E-state index contributed by atoms with van der Waals surface area (Å²) in [6.07, 6.45) is 35.8. The predicted molar refractivity (Wildman–Crippen MR) is 191 cm³/mol. The molecule has 2 heterocycles. The first-order valence-corrected chi connectivity index (χ1v) is 17.1. The molecular weight excluding hydrogens is 574 g/mol. The highest BCUT2D eigenvalue weighted by atomic mass is 16.5. The molecule has 0 spiro atoms. The number of allylic oxidation sites excluding steroid dienone is 12.